The predicted molar refractivity (Wildman–Crippen MR) is 131 cm³/mol. The SMILES string of the molecule is COC[C@H](C)Nc1ncc2c(C3=C[C@H]4CC45C[C@@H](C3)C5CC(F)(F)F)cc(C3CCC(O)CC3)n2n1. The molecule has 2 N–H and O–H groups in total. The van der Waals surface area contributed by atoms with E-state index in [0.29, 0.717) is 19.0 Å². The second-order valence-electron chi connectivity index (χ2n) is 11.7. The molecule has 3 fully saturated rings. The maximum Gasteiger partial charge on any atom is 0.389 e. The monoisotopic (exact) mass is 504 g/mol. The number of aromatic nitrogens is 3. The van der Waals surface area contributed by atoms with E-state index in [0.717, 1.165) is 60.9 Å². The van der Waals surface area contributed by atoms with E-state index in [1.165, 1.54) is 0 Å². The Morgan fingerprint density at radius 1 is 1.25 bits per heavy atom. The number of rotatable bonds is 7. The van der Waals surface area contributed by atoms with E-state index in [-0.39, 0.29) is 41.2 Å². The minimum atomic E-state index is -4.10. The van der Waals surface area contributed by atoms with Gasteiger partial charge in [-0.25, -0.2) is 9.50 Å². The van der Waals surface area contributed by atoms with E-state index in [2.05, 4.69) is 22.4 Å². The molecule has 2 heterocycles. The summed E-state index contributed by atoms with van der Waals surface area (Å²) in [6, 6.07) is 2.25. The molecule has 0 aromatic carbocycles. The molecule has 5 aliphatic rings. The third-order valence-electron chi connectivity index (χ3n) is 9.26. The van der Waals surface area contributed by atoms with Crippen molar-refractivity contribution in [3.05, 3.63) is 29.6 Å². The molecule has 6 nitrogen and oxygen atoms in total. The Morgan fingerprint density at radius 3 is 2.75 bits per heavy atom. The van der Waals surface area contributed by atoms with Crippen molar-refractivity contribution in [2.45, 2.75) is 82.5 Å². The van der Waals surface area contributed by atoms with Crippen LogP contribution in [-0.2, 0) is 4.74 Å². The Morgan fingerprint density at radius 2 is 2.03 bits per heavy atom. The van der Waals surface area contributed by atoms with Crippen LogP contribution in [0.1, 0.15) is 75.5 Å². The van der Waals surface area contributed by atoms with Crippen LogP contribution >= 0.6 is 0 Å². The smallest absolute Gasteiger partial charge is 0.389 e. The summed E-state index contributed by atoms with van der Waals surface area (Å²) in [4.78, 5) is 4.58. The van der Waals surface area contributed by atoms with Gasteiger partial charge in [0.05, 0.1) is 24.4 Å². The molecule has 7 rings (SSSR count). The summed E-state index contributed by atoms with van der Waals surface area (Å²) in [5.74, 6) is 0.886. The van der Waals surface area contributed by atoms with Crippen molar-refractivity contribution in [3.63, 3.8) is 0 Å². The summed E-state index contributed by atoms with van der Waals surface area (Å²) >= 11 is 0. The fourth-order valence-electron chi connectivity index (χ4n) is 7.47. The van der Waals surface area contributed by atoms with Crippen LogP contribution < -0.4 is 5.32 Å². The van der Waals surface area contributed by atoms with E-state index in [4.69, 9.17) is 9.84 Å². The summed E-state index contributed by atoms with van der Waals surface area (Å²) in [6.07, 6.45) is 4.91. The average molecular weight is 505 g/mol. The van der Waals surface area contributed by atoms with Crippen molar-refractivity contribution < 1.29 is 23.0 Å². The first-order valence-electron chi connectivity index (χ1n) is 13.3. The standard InChI is InChI=1S/C27H35F3N4O2/c1-15(14-36-2)32-25-31-13-24-21(9-23(34(24)33-25)16-3-5-20(35)6-4-16)17-7-18-10-26(11-19(26)8-17)22(18)12-27(28,29)30/h8-9,13,15-16,18-20,22,35H,3-7,10-12,14H2,1-2H3,(H,32,33)/t15-,16?,18+,19-,20?,22?,26?/m0/s1. The molecule has 5 aliphatic carbocycles. The molecule has 196 valence electrons. The van der Waals surface area contributed by atoms with Gasteiger partial charge in [-0.2, -0.15) is 13.2 Å². The first-order valence-corrected chi connectivity index (χ1v) is 13.3. The molecular formula is C27H35F3N4O2. The van der Waals surface area contributed by atoms with Crippen molar-refractivity contribution in [2.24, 2.45) is 23.2 Å². The van der Waals surface area contributed by atoms with Crippen LogP contribution in [0.25, 0.3) is 11.1 Å². The van der Waals surface area contributed by atoms with Gasteiger partial charge in [-0.05, 0) is 86.7 Å². The molecule has 3 saturated carbocycles. The van der Waals surface area contributed by atoms with Crippen molar-refractivity contribution >= 4 is 17.0 Å². The number of methoxy groups -OCH3 is 1. The van der Waals surface area contributed by atoms with E-state index >= 15 is 0 Å². The second kappa shape index (κ2) is 8.72. The molecule has 0 aliphatic heterocycles. The maximum atomic E-state index is 13.3. The van der Waals surface area contributed by atoms with Crippen LogP contribution in [0.2, 0.25) is 0 Å². The number of allylic oxidation sites excluding steroid dienone is 2. The lowest BCUT2D eigenvalue weighted by Gasteiger charge is -2.46. The summed E-state index contributed by atoms with van der Waals surface area (Å²) in [5.41, 5.74) is 4.11. The molecule has 1 spiro atoms. The number of ether oxygens (including phenoxy) is 1. The molecule has 5 atom stereocenters. The number of nitrogens with zero attached hydrogens (tertiary/aromatic N) is 3. The second-order valence-corrected chi connectivity index (χ2v) is 11.7. The minimum Gasteiger partial charge on any atom is -0.393 e. The number of nitrogens with one attached hydrogen (secondary N) is 1. The first kappa shape index (κ1) is 24.2. The Kier molecular flexibility index (Phi) is 5.87. The average Bonchev–Trinajstić information content (AvgIpc) is 3.47. The number of anilines is 1. The molecule has 2 unspecified atom stereocenters. The van der Waals surface area contributed by atoms with Crippen LogP contribution in [0, 0.1) is 23.2 Å². The summed E-state index contributed by atoms with van der Waals surface area (Å²) in [6.45, 7) is 2.54. The summed E-state index contributed by atoms with van der Waals surface area (Å²) in [5, 5.41) is 18.2. The van der Waals surface area contributed by atoms with Gasteiger partial charge in [0.2, 0.25) is 5.95 Å². The van der Waals surface area contributed by atoms with Crippen molar-refractivity contribution in [1.82, 2.24) is 14.6 Å². The van der Waals surface area contributed by atoms with Gasteiger partial charge in [0.25, 0.3) is 0 Å². The van der Waals surface area contributed by atoms with Crippen LogP contribution in [0.15, 0.2) is 18.3 Å². The largest absolute Gasteiger partial charge is 0.393 e. The number of aliphatic hydroxyl groups excluding tert-OH is 1. The van der Waals surface area contributed by atoms with Gasteiger partial charge in [0.1, 0.15) is 0 Å². The van der Waals surface area contributed by atoms with Gasteiger partial charge < -0.3 is 15.2 Å². The van der Waals surface area contributed by atoms with Crippen molar-refractivity contribution in [2.75, 3.05) is 19.0 Å². The zero-order valence-corrected chi connectivity index (χ0v) is 20.9. The third-order valence-corrected chi connectivity index (χ3v) is 9.26. The number of aliphatic hydroxyl groups is 1. The summed E-state index contributed by atoms with van der Waals surface area (Å²) in [7, 11) is 1.66. The molecule has 36 heavy (non-hydrogen) atoms. The third kappa shape index (κ3) is 4.22. The zero-order valence-electron chi connectivity index (χ0n) is 20.9. The molecule has 0 saturated heterocycles. The Bertz CT molecular complexity index is 1170. The molecule has 9 heteroatoms. The molecule has 0 radical (unpaired) electrons. The molecule has 0 amide bonds. The Balaban J connectivity index is 1.35. The number of hydrogen-bond donors (Lipinski definition) is 2. The lowest BCUT2D eigenvalue weighted by molar-refractivity contribution is -0.169. The normalized spacial score (nSPS) is 34.4. The van der Waals surface area contributed by atoms with E-state index in [1.54, 1.807) is 7.11 Å². The highest BCUT2D eigenvalue weighted by atomic mass is 19.4. The molecule has 2 aromatic heterocycles. The van der Waals surface area contributed by atoms with E-state index < -0.39 is 12.6 Å². The van der Waals surface area contributed by atoms with E-state index in [1.807, 2.05) is 17.6 Å². The highest BCUT2D eigenvalue weighted by Gasteiger charge is 2.69. The Labute approximate surface area is 209 Å². The minimum absolute atomic E-state index is 0.0451. The van der Waals surface area contributed by atoms with Crippen LogP contribution in [-0.4, -0.2) is 51.7 Å². The van der Waals surface area contributed by atoms with Crippen molar-refractivity contribution in [3.8, 4) is 0 Å². The highest BCUT2D eigenvalue weighted by molar-refractivity contribution is 5.80. The summed E-state index contributed by atoms with van der Waals surface area (Å²) < 4.78 is 47.2. The molecule has 2 bridgehead atoms. The first-order chi connectivity index (χ1) is 17.2. The number of halogens is 3. The van der Waals surface area contributed by atoms with E-state index in [9.17, 15) is 18.3 Å². The quantitative estimate of drug-likeness (QED) is 0.515. The van der Waals surface area contributed by atoms with Gasteiger partial charge in [-0.1, -0.05) is 6.08 Å². The van der Waals surface area contributed by atoms with Gasteiger partial charge in [-0.3, -0.25) is 0 Å². The maximum absolute atomic E-state index is 13.3. The molecular weight excluding hydrogens is 469 g/mol. The lowest BCUT2D eigenvalue weighted by atomic mass is 9.58. The molecule has 2 aromatic rings. The number of hydrogen-bond acceptors (Lipinski definition) is 5. The Hall–Kier alpha value is -2.13. The predicted octanol–water partition coefficient (Wildman–Crippen LogP) is 5.58. The van der Waals surface area contributed by atoms with Gasteiger partial charge >= 0.3 is 6.18 Å². The lowest BCUT2D eigenvalue weighted by Crippen LogP contribution is -2.41. The number of alkyl halides is 3. The van der Waals surface area contributed by atoms with Gasteiger partial charge in [0.15, 0.2) is 0 Å². The van der Waals surface area contributed by atoms with Gasteiger partial charge in [0, 0.05) is 36.7 Å². The fourth-order valence-corrected chi connectivity index (χ4v) is 7.47. The van der Waals surface area contributed by atoms with Crippen LogP contribution in [0.5, 0.6) is 0 Å². The van der Waals surface area contributed by atoms with Crippen molar-refractivity contribution in [1.29, 1.82) is 0 Å². The zero-order chi connectivity index (χ0) is 25.2. The van der Waals surface area contributed by atoms with Crippen LogP contribution in [0.4, 0.5) is 19.1 Å². The highest BCUT2D eigenvalue weighted by Crippen LogP contribution is 2.76. The fraction of sp³-hybridized carbons (Fsp3) is 0.704. The topological polar surface area (TPSA) is 71.7 Å². The number of fused-ring (bicyclic) bond motifs is 2. The van der Waals surface area contributed by atoms with Crippen LogP contribution in [0.3, 0.4) is 0 Å². The van der Waals surface area contributed by atoms with Gasteiger partial charge in [-0.15, -0.1) is 5.10 Å².